The second-order valence-corrected chi connectivity index (χ2v) is 7.55. The summed E-state index contributed by atoms with van der Waals surface area (Å²) < 4.78 is 11.4. The van der Waals surface area contributed by atoms with Gasteiger partial charge in [0.05, 0.1) is 5.54 Å². The lowest BCUT2D eigenvalue weighted by Crippen LogP contribution is -2.43. The molecule has 3 atom stereocenters. The van der Waals surface area contributed by atoms with Crippen molar-refractivity contribution in [2.24, 2.45) is 0 Å². The van der Waals surface area contributed by atoms with Crippen molar-refractivity contribution in [3.63, 3.8) is 0 Å². The highest BCUT2D eigenvalue weighted by Crippen LogP contribution is 2.32. The summed E-state index contributed by atoms with van der Waals surface area (Å²) in [6.45, 7) is 4.39. The fourth-order valence-corrected chi connectivity index (χ4v) is 3.07. The summed E-state index contributed by atoms with van der Waals surface area (Å²) in [6.07, 6.45) is 2.18. The number of carbonyl (C=O) groups is 1. The maximum atomic E-state index is 12.7. The molecular weight excluding hydrogens is 308 g/mol. The molecule has 1 aliphatic rings. The van der Waals surface area contributed by atoms with Crippen molar-refractivity contribution >= 4 is 28.3 Å². The molecule has 0 aromatic heterocycles. The molecule has 116 valence electrons. The zero-order chi connectivity index (χ0) is 15.6. The van der Waals surface area contributed by atoms with Crippen LogP contribution in [0, 0.1) is 0 Å². The lowest BCUT2D eigenvalue weighted by atomic mass is 9.99. The topological polar surface area (TPSA) is 49.4 Å². The van der Waals surface area contributed by atoms with E-state index < -0.39 is 16.3 Å². The third-order valence-electron chi connectivity index (χ3n) is 4.01. The molecule has 0 saturated carbocycles. The Balaban J connectivity index is 2.29. The van der Waals surface area contributed by atoms with Crippen LogP contribution in [-0.4, -0.2) is 39.1 Å². The lowest BCUT2D eigenvalue weighted by Gasteiger charge is -2.24. The molecule has 0 spiro atoms. The van der Waals surface area contributed by atoms with E-state index >= 15 is 0 Å². The van der Waals surface area contributed by atoms with E-state index in [-0.39, 0.29) is 12.1 Å². The van der Waals surface area contributed by atoms with Crippen LogP contribution in [0.4, 0.5) is 0 Å². The largest absolute Gasteiger partial charge is 0.320 e. The highest BCUT2D eigenvalue weighted by atomic mass is 35.5. The molecule has 1 fully saturated rings. The van der Waals surface area contributed by atoms with Crippen LogP contribution in [0.3, 0.4) is 0 Å². The minimum atomic E-state index is -0.921. The van der Waals surface area contributed by atoms with Gasteiger partial charge in [0, 0.05) is 34.4 Å². The maximum Gasteiger partial charge on any atom is 0.244 e. The van der Waals surface area contributed by atoms with Crippen molar-refractivity contribution in [3.8, 4) is 0 Å². The van der Waals surface area contributed by atoms with Crippen LogP contribution < -0.4 is 5.32 Å². The quantitative estimate of drug-likeness (QED) is 0.902. The third kappa shape index (κ3) is 3.47. The van der Waals surface area contributed by atoms with Crippen molar-refractivity contribution < 1.29 is 9.00 Å². The van der Waals surface area contributed by atoms with Crippen molar-refractivity contribution in [1.29, 1.82) is 0 Å². The third-order valence-corrected chi connectivity index (χ3v) is 5.02. The van der Waals surface area contributed by atoms with Crippen LogP contribution in [0.25, 0.3) is 0 Å². The number of hydrogen-bond donors (Lipinski definition) is 1. The summed E-state index contributed by atoms with van der Waals surface area (Å²) in [5.41, 5.74) is 0.423. The van der Waals surface area contributed by atoms with Crippen LogP contribution in [-0.2, 0) is 15.6 Å². The molecule has 4 nitrogen and oxygen atoms in total. The maximum absolute atomic E-state index is 12.7. The zero-order valence-electron chi connectivity index (χ0n) is 12.6. The molecule has 1 aromatic rings. The molecule has 1 heterocycles. The molecule has 1 amide bonds. The molecule has 2 rings (SSSR count). The van der Waals surface area contributed by atoms with E-state index in [4.69, 9.17) is 11.6 Å². The summed E-state index contributed by atoms with van der Waals surface area (Å²) in [4.78, 5) is 14.4. The second-order valence-electron chi connectivity index (χ2n) is 5.56. The van der Waals surface area contributed by atoms with Crippen LogP contribution >= 0.6 is 11.6 Å². The number of halogens is 1. The van der Waals surface area contributed by atoms with Crippen LogP contribution in [0.1, 0.15) is 32.0 Å². The first-order valence-corrected chi connectivity index (χ1v) is 9.12. The van der Waals surface area contributed by atoms with Crippen molar-refractivity contribution in [1.82, 2.24) is 10.2 Å². The predicted octanol–water partition coefficient (Wildman–Crippen LogP) is 2.32. The Hall–Kier alpha value is -0.910. The van der Waals surface area contributed by atoms with E-state index in [0.717, 1.165) is 5.56 Å². The summed E-state index contributed by atoms with van der Waals surface area (Å²) in [5, 5.41) is 4.08. The number of nitrogens with zero attached hydrogens (tertiary/aromatic N) is 1. The van der Waals surface area contributed by atoms with Crippen LogP contribution in [0.2, 0.25) is 5.02 Å². The lowest BCUT2D eigenvalue weighted by molar-refractivity contribution is -0.132. The van der Waals surface area contributed by atoms with Gasteiger partial charge in [0.15, 0.2) is 0 Å². The van der Waals surface area contributed by atoms with E-state index in [1.54, 1.807) is 11.2 Å². The molecule has 0 radical (unpaired) electrons. The van der Waals surface area contributed by atoms with Crippen molar-refractivity contribution in [3.05, 3.63) is 34.9 Å². The number of benzene rings is 1. The molecular formula is C15H21ClN2O2S. The highest BCUT2D eigenvalue weighted by Gasteiger charge is 2.46. The van der Waals surface area contributed by atoms with E-state index in [9.17, 15) is 9.00 Å². The molecule has 1 N–H and O–H groups in total. The van der Waals surface area contributed by atoms with E-state index in [0.29, 0.717) is 23.7 Å². The zero-order valence-corrected chi connectivity index (χ0v) is 14.1. The Morgan fingerprint density at radius 3 is 2.52 bits per heavy atom. The van der Waals surface area contributed by atoms with Crippen molar-refractivity contribution in [2.45, 2.75) is 32.0 Å². The number of carbonyl (C=O) groups excluding carboxylic acids is 1. The van der Waals surface area contributed by atoms with E-state index in [2.05, 4.69) is 5.32 Å². The van der Waals surface area contributed by atoms with Gasteiger partial charge in [0.2, 0.25) is 5.91 Å². The molecule has 21 heavy (non-hydrogen) atoms. The Bertz CT molecular complexity index is 549. The molecule has 0 bridgehead atoms. The van der Waals surface area contributed by atoms with Gasteiger partial charge in [0.1, 0.15) is 6.17 Å². The van der Waals surface area contributed by atoms with Gasteiger partial charge < -0.3 is 4.90 Å². The fraction of sp³-hybridized carbons (Fsp3) is 0.533. The second kappa shape index (κ2) is 6.46. The normalized spacial score (nSPS) is 27.1. The number of amides is 1. The minimum Gasteiger partial charge on any atom is -0.320 e. The molecule has 1 aromatic carbocycles. The molecule has 3 unspecified atom stereocenters. The van der Waals surface area contributed by atoms with Crippen molar-refractivity contribution in [2.75, 3.05) is 18.6 Å². The first-order chi connectivity index (χ1) is 9.87. The predicted molar refractivity (Wildman–Crippen MR) is 86.7 cm³/mol. The van der Waals surface area contributed by atoms with Gasteiger partial charge in [0.25, 0.3) is 0 Å². The molecule has 6 heteroatoms. The standard InChI is InChI=1S/C15H21ClN2O2S/c1-4-15(2)14(19)18(9-10-21(3)20)13(17-15)11-5-7-12(16)8-6-11/h5-8,13,17H,4,9-10H2,1-3H3. The minimum absolute atomic E-state index is 0.0652. The van der Waals surface area contributed by atoms with Gasteiger partial charge in [-0.2, -0.15) is 0 Å². The highest BCUT2D eigenvalue weighted by molar-refractivity contribution is 7.84. The number of nitrogens with one attached hydrogen (secondary N) is 1. The SMILES string of the molecule is CCC1(C)NC(c2ccc(Cl)cc2)N(CCS(C)=O)C1=O. The van der Waals surface area contributed by atoms with Crippen LogP contribution in [0.15, 0.2) is 24.3 Å². The van der Waals surface area contributed by atoms with E-state index in [1.165, 1.54) is 0 Å². The molecule has 1 aliphatic heterocycles. The summed E-state index contributed by atoms with van der Waals surface area (Å²) in [7, 11) is -0.921. The van der Waals surface area contributed by atoms with Gasteiger partial charge in [-0.05, 0) is 31.0 Å². The summed E-state index contributed by atoms with van der Waals surface area (Å²) in [6, 6.07) is 7.48. The Labute approximate surface area is 133 Å². The Morgan fingerprint density at radius 2 is 2.00 bits per heavy atom. The Kier molecular flexibility index (Phi) is 5.07. The van der Waals surface area contributed by atoms with Gasteiger partial charge in [-0.15, -0.1) is 0 Å². The summed E-state index contributed by atoms with van der Waals surface area (Å²) >= 11 is 5.93. The number of hydrogen-bond acceptors (Lipinski definition) is 3. The van der Waals surface area contributed by atoms with E-state index in [1.807, 2.05) is 38.1 Å². The number of rotatable bonds is 5. The monoisotopic (exact) mass is 328 g/mol. The summed E-state index contributed by atoms with van der Waals surface area (Å²) in [5.74, 6) is 0.549. The first kappa shape index (κ1) is 16.5. The van der Waals surface area contributed by atoms with Crippen LogP contribution in [0.5, 0.6) is 0 Å². The molecule has 1 saturated heterocycles. The average Bonchev–Trinajstić information content (AvgIpc) is 2.70. The Morgan fingerprint density at radius 1 is 1.38 bits per heavy atom. The first-order valence-electron chi connectivity index (χ1n) is 7.01. The fourth-order valence-electron chi connectivity index (χ4n) is 2.49. The smallest absolute Gasteiger partial charge is 0.244 e. The average molecular weight is 329 g/mol. The van der Waals surface area contributed by atoms with Gasteiger partial charge >= 0.3 is 0 Å². The molecule has 0 aliphatic carbocycles. The van der Waals surface area contributed by atoms with Gasteiger partial charge in [-0.1, -0.05) is 30.7 Å². The van der Waals surface area contributed by atoms with Gasteiger partial charge in [-0.3, -0.25) is 14.3 Å². The van der Waals surface area contributed by atoms with Gasteiger partial charge in [-0.25, -0.2) is 0 Å².